The molecule has 2 unspecified atom stereocenters. The summed E-state index contributed by atoms with van der Waals surface area (Å²) < 4.78 is 17.6. The SMILES string of the molecule is COCC(C)O[C@H]1C(O)[C@@H](CO)O[C@H]1n1ccc(NC(=O)c2ccccc2)nc1=O. The molecular weight excluding hydrogens is 394 g/mol. The number of amides is 1. The summed E-state index contributed by atoms with van der Waals surface area (Å²) in [5, 5.41) is 22.5. The molecule has 10 heteroatoms. The number of ether oxygens (including phenoxy) is 3. The maximum Gasteiger partial charge on any atom is 0.351 e. The van der Waals surface area contributed by atoms with Gasteiger partial charge in [-0.1, -0.05) is 18.2 Å². The number of rotatable bonds is 8. The lowest BCUT2D eigenvalue weighted by atomic mass is 10.1. The first-order chi connectivity index (χ1) is 14.4. The second kappa shape index (κ2) is 9.92. The average Bonchev–Trinajstić information content (AvgIpc) is 3.04. The predicted molar refractivity (Wildman–Crippen MR) is 106 cm³/mol. The monoisotopic (exact) mass is 419 g/mol. The minimum absolute atomic E-state index is 0.0765. The van der Waals surface area contributed by atoms with Crippen LogP contribution in [-0.4, -0.2) is 70.4 Å². The molecule has 1 aliphatic heterocycles. The van der Waals surface area contributed by atoms with Crippen molar-refractivity contribution in [3.8, 4) is 0 Å². The molecule has 162 valence electrons. The van der Waals surface area contributed by atoms with E-state index < -0.39 is 42.7 Å². The molecule has 10 nitrogen and oxygen atoms in total. The summed E-state index contributed by atoms with van der Waals surface area (Å²) in [7, 11) is 1.52. The van der Waals surface area contributed by atoms with Crippen LogP contribution in [0.2, 0.25) is 0 Å². The Kier molecular flexibility index (Phi) is 7.29. The number of methoxy groups -OCH3 is 1. The zero-order valence-corrected chi connectivity index (χ0v) is 16.7. The molecule has 0 bridgehead atoms. The molecule has 2 heterocycles. The minimum Gasteiger partial charge on any atom is -0.394 e. The smallest absolute Gasteiger partial charge is 0.351 e. The van der Waals surface area contributed by atoms with Gasteiger partial charge in [-0.05, 0) is 25.1 Å². The summed E-state index contributed by atoms with van der Waals surface area (Å²) >= 11 is 0. The van der Waals surface area contributed by atoms with Gasteiger partial charge in [-0.3, -0.25) is 9.36 Å². The van der Waals surface area contributed by atoms with Crippen LogP contribution in [0.25, 0.3) is 0 Å². The summed E-state index contributed by atoms with van der Waals surface area (Å²) in [6.07, 6.45) is -2.98. The van der Waals surface area contributed by atoms with E-state index in [2.05, 4.69) is 10.3 Å². The van der Waals surface area contributed by atoms with Crippen molar-refractivity contribution in [2.75, 3.05) is 25.6 Å². The summed E-state index contributed by atoms with van der Waals surface area (Å²) in [5.74, 6) is -0.324. The van der Waals surface area contributed by atoms with Crippen LogP contribution in [0.5, 0.6) is 0 Å². The van der Waals surface area contributed by atoms with Crippen molar-refractivity contribution >= 4 is 11.7 Å². The van der Waals surface area contributed by atoms with Crippen LogP contribution < -0.4 is 11.0 Å². The van der Waals surface area contributed by atoms with Crippen molar-refractivity contribution in [3.05, 3.63) is 58.6 Å². The standard InChI is InChI=1S/C20H25N3O7/c1-12(11-28-2)29-17-16(25)14(10-24)30-19(17)23-9-8-15(22-20(23)27)21-18(26)13-6-4-3-5-7-13/h3-9,12,14,16-17,19,24-25H,10-11H2,1-2H3,(H,21,22,26,27)/t12?,14-,16?,17+,19-/m1/s1. The number of aromatic nitrogens is 2. The molecule has 3 rings (SSSR count). The van der Waals surface area contributed by atoms with Gasteiger partial charge < -0.3 is 29.7 Å². The number of nitrogens with zero attached hydrogens (tertiary/aromatic N) is 2. The zero-order valence-electron chi connectivity index (χ0n) is 16.7. The van der Waals surface area contributed by atoms with E-state index in [9.17, 15) is 19.8 Å². The first-order valence-corrected chi connectivity index (χ1v) is 9.49. The van der Waals surface area contributed by atoms with Crippen LogP contribution in [0.4, 0.5) is 5.82 Å². The van der Waals surface area contributed by atoms with Gasteiger partial charge in [0, 0.05) is 18.9 Å². The summed E-state index contributed by atoms with van der Waals surface area (Å²) in [6, 6.07) is 9.97. The first-order valence-electron chi connectivity index (χ1n) is 9.49. The van der Waals surface area contributed by atoms with Gasteiger partial charge in [-0.2, -0.15) is 4.98 Å². The Hall–Kier alpha value is -2.63. The van der Waals surface area contributed by atoms with E-state index in [4.69, 9.17) is 14.2 Å². The van der Waals surface area contributed by atoms with E-state index in [-0.39, 0.29) is 18.5 Å². The van der Waals surface area contributed by atoms with Crippen LogP contribution in [-0.2, 0) is 14.2 Å². The maximum atomic E-state index is 12.6. The average molecular weight is 419 g/mol. The van der Waals surface area contributed by atoms with Gasteiger partial charge >= 0.3 is 5.69 Å². The van der Waals surface area contributed by atoms with Gasteiger partial charge in [-0.15, -0.1) is 0 Å². The number of carbonyl (C=O) groups is 1. The second-order valence-electron chi connectivity index (χ2n) is 6.93. The number of aliphatic hydroxyl groups is 2. The minimum atomic E-state index is -1.15. The van der Waals surface area contributed by atoms with E-state index in [1.54, 1.807) is 37.3 Å². The fourth-order valence-electron chi connectivity index (χ4n) is 3.24. The van der Waals surface area contributed by atoms with E-state index in [0.29, 0.717) is 5.56 Å². The topological polar surface area (TPSA) is 132 Å². The van der Waals surface area contributed by atoms with E-state index in [1.165, 1.54) is 19.4 Å². The van der Waals surface area contributed by atoms with Crippen molar-refractivity contribution < 1.29 is 29.2 Å². The summed E-state index contributed by atoms with van der Waals surface area (Å²) in [6.45, 7) is 1.59. The molecule has 0 saturated carbocycles. The van der Waals surface area contributed by atoms with Crippen molar-refractivity contribution in [3.63, 3.8) is 0 Å². The highest BCUT2D eigenvalue weighted by atomic mass is 16.6. The highest BCUT2D eigenvalue weighted by molar-refractivity contribution is 6.03. The third-order valence-electron chi connectivity index (χ3n) is 4.67. The molecule has 0 radical (unpaired) electrons. The van der Waals surface area contributed by atoms with Gasteiger partial charge in [0.25, 0.3) is 5.91 Å². The van der Waals surface area contributed by atoms with Crippen LogP contribution in [0.15, 0.2) is 47.4 Å². The molecule has 30 heavy (non-hydrogen) atoms. The normalized spacial score (nSPS) is 24.5. The van der Waals surface area contributed by atoms with Crippen molar-refractivity contribution in [1.29, 1.82) is 0 Å². The summed E-state index contributed by atoms with van der Waals surface area (Å²) in [4.78, 5) is 28.7. The first kappa shape index (κ1) is 22.1. The Morgan fingerprint density at radius 1 is 1.33 bits per heavy atom. The van der Waals surface area contributed by atoms with E-state index in [1.807, 2.05) is 0 Å². The second-order valence-corrected chi connectivity index (χ2v) is 6.93. The molecule has 5 atom stereocenters. The third-order valence-corrected chi connectivity index (χ3v) is 4.67. The lowest BCUT2D eigenvalue weighted by Crippen LogP contribution is -2.40. The van der Waals surface area contributed by atoms with Gasteiger partial charge in [0.05, 0.1) is 19.3 Å². The lowest BCUT2D eigenvalue weighted by molar-refractivity contribution is -0.111. The Balaban J connectivity index is 1.79. The molecule has 2 aromatic rings. The predicted octanol–water partition coefficient (Wildman–Crippen LogP) is 0.166. The molecule has 3 N–H and O–H groups in total. The third kappa shape index (κ3) is 4.91. The van der Waals surface area contributed by atoms with Crippen molar-refractivity contribution in [1.82, 2.24) is 9.55 Å². The Morgan fingerprint density at radius 3 is 2.70 bits per heavy atom. The van der Waals surface area contributed by atoms with Crippen molar-refractivity contribution in [2.24, 2.45) is 0 Å². The fourth-order valence-corrected chi connectivity index (χ4v) is 3.24. The number of hydrogen-bond acceptors (Lipinski definition) is 8. The van der Waals surface area contributed by atoms with Gasteiger partial charge in [0.1, 0.15) is 24.1 Å². The lowest BCUT2D eigenvalue weighted by Gasteiger charge is -2.25. The molecule has 1 aliphatic rings. The molecule has 1 saturated heterocycles. The Labute approximate surface area is 173 Å². The van der Waals surface area contributed by atoms with Gasteiger partial charge in [0.2, 0.25) is 0 Å². The van der Waals surface area contributed by atoms with Gasteiger partial charge in [-0.25, -0.2) is 4.79 Å². The molecule has 1 aromatic heterocycles. The number of anilines is 1. The molecular formula is C20H25N3O7. The summed E-state index contributed by atoms with van der Waals surface area (Å²) in [5.41, 5.74) is -0.276. The highest BCUT2D eigenvalue weighted by Crippen LogP contribution is 2.31. The molecule has 0 spiro atoms. The van der Waals surface area contributed by atoms with Crippen molar-refractivity contribution in [2.45, 2.75) is 37.6 Å². The van der Waals surface area contributed by atoms with Crippen LogP contribution in [0, 0.1) is 0 Å². The van der Waals surface area contributed by atoms with Crippen LogP contribution >= 0.6 is 0 Å². The Morgan fingerprint density at radius 2 is 2.07 bits per heavy atom. The van der Waals surface area contributed by atoms with Crippen LogP contribution in [0.3, 0.4) is 0 Å². The van der Waals surface area contributed by atoms with E-state index in [0.717, 1.165) is 4.57 Å². The maximum absolute atomic E-state index is 12.6. The van der Waals surface area contributed by atoms with Gasteiger partial charge in [0.15, 0.2) is 6.23 Å². The molecule has 1 amide bonds. The number of nitrogens with one attached hydrogen (secondary N) is 1. The number of hydrogen-bond donors (Lipinski definition) is 3. The fraction of sp³-hybridized carbons (Fsp3) is 0.450. The molecule has 0 aliphatic carbocycles. The van der Waals surface area contributed by atoms with E-state index >= 15 is 0 Å². The molecule has 1 aromatic carbocycles. The number of aliphatic hydroxyl groups excluding tert-OH is 2. The number of carbonyl (C=O) groups excluding carboxylic acids is 1. The largest absolute Gasteiger partial charge is 0.394 e. The van der Waals surface area contributed by atoms with Crippen LogP contribution in [0.1, 0.15) is 23.5 Å². The molecule has 1 fully saturated rings. The Bertz CT molecular complexity index is 905. The highest BCUT2D eigenvalue weighted by Gasteiger charge is 2.46. The quantitative estimate of drug-likeness (QED) is 0.552. The zero-order chi connectivity index (χ0) is 21.7. The number of benzene rings is 1.